The second kappa shape index (κ2) is 6.15. The maximum absolute atomic E-state index is 4.14. The maximum atomic E-state index is 4.14. The summed E-state index contributed by atoms with van der Waals surface area (Å²) in [4.78, 5) is 2.53. The van der Waals surface area contributed by atoms with Crippen molar-refractivity contribution >= 4 is 21.5 Å². The lowest BCUT2D eigenvalue weighted by atomic mass is 9.92. The van der Waals surface area contributed by atoms with E-state index in [1.807, 2.05) is 0 Å². The zero-order valence-corrected chi connectivity index (χ0v) is 13.3. The fourth-order valence-corrected chi connectivity index (χ4v) is 3.76. The number of benzene rings is 3. The first-order valence-electron chi connectivity index (χ1n) is 8.36. The van der Waals surface area contributed by atoms with Crippen LogP contribution in [-0.2, 0) is 0 Å². The number of rotatable bonds is 3. The van der Waals surface area contributed by atoms with Gasteiger partial charge in [0, 0.05) is 26.2 Å². The van der Waals surface area contributed by atoms with Gasteiger partial charge < -0.3 is 5.32 Å². The molecule has 0 unspecified atom stereocenters. The molecule has 0 aliphatic carbocycles. The predicted octanol–water partition coefficient (Wildman–Crippen LogP) is 4.13. The number of hydrogen-bond acceptors (Lipinski definition) is 2. The topological polar surface area (TPSA) is 15.3 Å². The molecule has 0 bridgehead atoms. The fraction of sp³-hybridized carbons (Fsp3) is 0.238. The van der Waals surface area contributed by atoms with Crippen LogP contribution in [0.5, 0.6) is 0 Å². The largest absolute Gasteiger partial charge is 0.314 e. The Hall–Kier alpha value is -2.16. The number of piperazine rings is 1. The van der Waals surface area contributed by atoms with Gasteiger partial charge in [0.15, 0.2) is 0 Å². The van der Waals surface area contributed by atoms with Crippen molar-refractivity contribution in [1.82, 2.24) is 10.2 Å². The molecule has 116 valence electrons. The molecule has 3 aromatic rings. The molecule has 23 heavy (non-hydrogen) atoms. The summed E-state index contributed by atoms with van der Waals surface area (Å²) in [7, 11) is 0. The average Bonchev–Trinajstić information content (AvgIpc) is 2.63. The zero-order chi connectivity index (χ0) is 15.6. The molecule has 1 heterocycles. The van der Waals surface area contributed by atoms with Gasteiger partial charge in [-0.25, -0.2) is 0 Å². The molecule has 0 spiro atoms. The van der Waals surface area contributed by atoms with Crippen LogP contribution in [0.3, 0.4) is 0 Å². The summed E-state index contributed by atoms with van der Waals surface area (Å²) in [5.41, 5.74) is 1.37. The molecule has 0 saturated carbocycles. The highest BCUT2D eigenvalue weighted by atomic mass is 15.2. The molecule has 1 saturated heterocycles. The molecule has 4 rings (SSSR count). The Bertz CT molecular complexity index is 847. The van der Waals surface area contributed by atoms with Crippen molar-refractivity contribution in [2.24, 2.45) is 0 Å². The van der Waals surface area contributed by atoms with Crippen LogP contribution in [-0.4, -0.2) is 31.1 Å². The van der Waals surface area contributed by atoms with E-state index in [-0.39, 0.29) is 6.04 Å². The highest BCUT2D eigenvalue weighted by Crippen LogP contribution is 2.34. The van der Waals surface area contributed by atoms with Crippen molar-refractivity contribution in [3.63, 3.8) is 0 Å². The Balaban J connectivity index is 1.94. The Morgan fingerprint density at radius 2 is 1.57 bits per heavy atom. The molecule has 0 aromatic heterocycles. The lowest BCUT2D eigenvalue weighted by molar-refractivity contribution is 0.204. The molecule has 2 nitrogen and oxygen atoms in total. The van der Waals surface area contributed by atoms with Gasteiger partial charge in [0.25, 0.3) is 0 Å². The van der Waals surface area contributed by atoms with Crippen molar-refractivity contribution in [3.8, 4) is 0 Å². The van der Waals surface area contributed by atoms with E-state index < -0.39 is 0 Å². The van der Waals surface area contributed by atoms with Crippen molar-refractivity contribution in [3.05, 3.63) is 72.8 Å². The zero-order valence-electron chi connectivity index (χ0n) is 13.3. The van der Waals surface area contributed by atoms with E-state index in [9.17, 15) is 0 Å². The number of nitrogens with one attached hydrogen (secondary N) is 1. The van der Waals surface area contributed by atoms with Crippen LogP contribution in [0.4, 0.5) is 0 Å². The highest BCUT2D eigenvalue weighted by Gasteiger charge is 2.21. The number of nitrogens with zero attached hydrogens (tertiary/aromatic N) is 1. The molecule has 1 aliphatic heterocycles. The second-order valence-electron chi connectivity index (χ2n) is 6.20. The molecule has 0 amide bonds. The lowest BCUT2D eigenvalue weighted by Gasteiger charge is -2.34. The van der Waals surface area contributed by atoms with Gasteiger partial charge in [0.1, 0.15) is 0 Å². The minimum atomic E-state index is 0.270. The first kappa shape index (κ1) is 14.4. The lowest BCUT2D eigenvalue weighted by Crippen LogP contribution is -2.44. The highest BCUT2D eigenvalue weighted by molar-refractivity contribution is 6.09. The molecule has 2 heteroatoms. The molecule has 1 atom stereocenters. The van der Waals surface area contributed by atoms with Crippen LogP contribution < -0.4 is 5.32 Å². The Labute approximate surface area is 137 Å². The van der Waals surface area contributed by atoms with Crippen LogP contribution >= 0.6 is 0 Å². The van der Waals surface area contributed by atoms with Gasteiger partial charge in [-0.1, -0.05) is 54.6 Å². The minimum absolute atomic E-state index is 0.270. The van der Waals surface area contributed by atoms with Gasteiger partial charge in [-0.05, 0) is 33.2 Å². The summed E-state index contributed by atoms with van der Waals surface area (Å²) < 4.78 is 0. The summed E-state index contributed by atoms with van der Waals surface area (Å²) in [6.07, 6.45) is 2.10. The van der Waals surface area contributed by atoms with Crippen LogP contribution in [0.25, 0.3) is 21.5 Å². The third-order valence-electron chi connectivity index (χ3n) is 4.89. The number of hydrogen-bond donors (Lipinski definition) is 1. The summed E-state index contributed by atoms with van der Waals surface area (Å²) in [6.45, 7) is 8.37. The van der Waals surface area contributed by atoms with Crippen molar-refractivity contribution in [2.75, 3.05) is 26.2 Å². The van der Waals surface area contributed by atoms with Crippen LogP contribution in [0.1, 0.15) is 11.6 Å². The first-order valence-corrected chi connectivity index (χ1v) is 8.36. The van der Waals surface area contributed by atoms with Crippen LogP contribution in [0.2, 0.25) is 0 Å². The van der Waals surface area contributed by atoms with Crippen molar-refractivity contribution in [1.29, 1.82) is 0 Å². The molecule has 1 N–H and O–H groups in total. The Kier molecular flexibility index (Phi) is 3.86. The van der Waals surface area contributed by atoms with Crippen LogP contribution in [0.15, 0.2) is 67.3 Å². The van der Waals surface area contributed by atoms with Gasteiger partial charge >= 0.3 is 0 Å². The quantitative estimate of drug-likeness (QED) is 0.578. The van der Waals surface area contributed by atoms with Gasteiger partial charge in [0.05, 0.1) is 6.04 Å². The Morgan fingerprint density at radius 1 is 0.913 bits per heavy atom. The van der Waals surface area contributed by atoms with E-state index >= 15 is 0 Å². The van der Waals surface area contributed by atoms with Gasteiger partial charge in [-0.2, -0.15) is 0 Å². The van der Waals surface area contributed by atoms with E-state index in [0.717, 1.165) is 26.2 Å². The van der Waals surface area contributed by atoms with Gasteiger partial charge in [-0.3, -0.25) is 4.90 Å². The summed E-state index contributed by atoms with van der Waals surface area (Å²) in [5.74, 6) is 0. The summed E-state index contributed by atoms with van der Waals surface area (Å²) in [5, 5.41) is 8.75. The van der Waals surface area contributed by atoms with Gasteiger partial charge in [0.2, 0.25) is 0 Å². The van der Waals surface area contributed by atoms with E-state index in [2.05, 4.69) is 77.5 Å². The maximum Gasteiger partial charge on any atom is 0.0536 e. The third kappa shape index (κ3) is 2.54. The molecular formula is C21H22N2. The number of fused-ring (bicyclic) bond motifs is 3. The third-order valence-corrected chi connectivity index (χ3v) is 4.89. The molecule has 0 radical (unpaired) electrons. The normalized spacial score (nSPS) is 17.4. The van der Waals surface area contributed by atoms with Crippen molar-refractivity contribution in [2.45, 2.75) is 6.04 Å². The SMILES string of the molecule is C=C[C@@H](c1cc2ccccc2c2ccccc12)N1CCNCC1. The molecule has 3 aromatic carbocycles. The Morgan fingerprint density at radius 3 is 2.30 bits per heavy atom. The minimum Gasteiger partial charge on any atom is -0.314 e. The average molecular weight is 302 g/mol. The van der Waals surface area contributed by atoms with Crippen molar-refractivity contribution < 1.29 is 0 Å². The van der Waals surface area contributed by atoms with Crippen LogP contribution in [0, 0.1) is 0 Å². The van der Waals surface area contributed by atoms with E-state index in [1.165, 1.54) is 27.1 Å². The molecular weight excluding hydrogens is 280 g/mol. The van der Waals surface area contributed by atoms with E-state index in [1.54, 1.807) is 0 Å². The summed E-state index contributed by atoms with van der Waals surface area (Å²) in [6, 6.07) is 20.0. The fourth-order valence-electron chi connectivity index (χ4n) is 3.76. The van der Waals surface area contributed by atoms with E-state index in [0.29, 0.717) is 0 Å². The van der Waals surface area contributed by atoms with Gasteiger partial charge in [-0.15, -0.1) is 6.58 Å². The predicted molar refractivity (Wildman–Crippen MR) is 98.8 cm³/mol. The first-order chi connectivity index (χ1) is 11.4. The smallest absolute Gasteiger partial charge is 0.0536 e. The second-order valence-corrected chi connectivity index (χ2v) is 6.20. The monoisotopic (exact) mass is 302 g/mol. The summed E-state index contributed by atoms with van der Waals surface area (Å²) >= 11 is 0. The molecule has 1 fully saturated rings. The standard InChI is InChI=1S/C21H22N2/c1-2-21(23-13-11-22-12-14-23)20-15-16-7-3-4-8-17(16)18-9-5-6-10-19(18)20/h2-10,15,21-22H,1,11-14H2/t21-/m0/s1. The molecule has 1 aliphatic rings. The van der Waals surface area contributed by atoms with E-state index in [4.69, 9.17) is 0 Å².